The number of hydrogen-bond donors (Lipinski definition) is 2. The van der Waals surface area contributed by atoms with Crippen molar-refractivity contribution in [3.63, 3.8) is 0 Å². The van der Waals surface area contributed by atoms with E-state index in [0.29, 0.717) is 12.2 Å². The molecule has 2 N–H and O–H groups in total. The maximum absolute atomic E-state index is 12.3. The van der Waals surface area contributed by atoms with Crippen LogP contribution in [0.25, 0.3) is 0 Å². The number of amides is 1. The van der Waals surface area contributed by atoms with Crippen molar-refractivity contribution in [2.75, 3.05) is 0 Å². The minimum absolute atomic E-state index is 0.237. The summed E-state index contributed by atoms with van der Waals surface area (Å²) in [5.74, 6) is -1.48. The van der Waals surface area contributed by atoms with E-state index in [-0.39, 0.29) is 6.42 Å². The Kier molecular flexibility index (Phi) is 4.93. The summed E-state index contributed by atoms with van der Waals surface area (Å²) < 4.78 is 1.56. The molecule has 1 heterocycles. The molecule has 0 aliphatic rings. The molecule has 0 aliphatic carbocycles. The number of nitrogens with one attached hydrogen (secondary N) is 1. The normalized spacial score (nSPS) is 11.9. The predicted octanol–water partition coefficient (Wildman–Crippen LogP) is 1.64. The Morgan fingerprint density at radius 3 is 2.59 bits per heavy atom. The largest absolute Gasteiger partial charge is 0.480 e. The minimum atomic E-state index is -1.06. The van der Waals surface area contributed by atoms with Gasteiger partial charge in [-0.05, 0) is 25.5 Å². The van der Waals surface area contributed by atoms with Crippen LogP contribution in [0.4, 0.5) is 0 Å². The maximum atomic E-state index is 12.3. The van der Waals surface area contributed by atoms with Crippen LogP contribution in [0.15, 0.2) is 36.4 Å². The monoisotopic (exact) mass is 301 g/mol. The smallest absolute Gasteiger partial charge is 0.326 e. The highest BCUT2D eigenvalue weighted by atomic mass is 16.4. The topological polar surface area (TPSA) is 84.2 Å². The molecular weight excluding hydrogens is 282 g/mol. The molecule has 0 spiro atoms. The van der Waals surface area contributed by atoms with Gasteiger partial charge >= 0.3 is 5.97 Å². The highest BCUT2D eigenvalue weighted by molar-refractivity contribution is 5.95. The quantitative estimate of drug-likeness (QED) is 0.849. The first-order valence-corrected chi connectivity index (χ1v) is 7.13. The van der Waals surface area contributed by atoms with Crippen LogP contribution in [-0.2, 0) is 17.8 Å². The summed E-state index contributed by atoms with van der Waals surface area (Å²) in [5.41, 5.74) is 1.96. The maximum Gasteiger partial charge on any atom is 0.326 e. The zero-order valence-electron chi connectivity index (χ0n) is 12.6. The molecular formula is C16H19N3O3. The number of aromatic nitrogens is 2. The fourth-order valence-electron chi connectivity index (χ4n) is 2.25. The van der Waals surface area contributed by atoms with Gasteiger partial charge in [0.1, 0.15) is 11.7 Å². The summed E-state index contributed by atoms with van der Waals surface area (Å²) >= 11 is 0. The van der Waals surface area contributed by atoms with E-state index in [0.717, 1.165) is 11.3 Å². The molecule has 1 atom stereocenters. The molecule has 0 aliphatic heterocycles. The first-order chi connectivity index (χ1) is 10.5. The van der Waals surface area contributed by atoms with E-state index < -0.39 is 17.9 Å². The second kappa shape index (κ2) is 6.89. The third-order valence-electron chi connectivity index (χ3n) is 3.32. The molecule has 0 fully saturated rings. The number of aryl methyl sites for hydroxylation is 2. The van der Waals surface area contributed by atoms with Crippen molar-refractivity contribution in [3.05, 3.63) is 53.3 Å². The van der Waals surface area contributed by atoms with Crippen LogP contribution in [0.1, 0.15) is 28.7 Å². The van der Waals surface area contributed by atoms with Crippen LogP contribution >= 0.6 is 0 Å². The van der Waals surface area contributed by atoms with Gasteiger partial charge in [-0.2, -0.15) is 5.10 Å². The Morgan fingerprint density at radius 1 is 1.32 bits per heavy atom. The standard InChI is InChI=1S/C16H19N3O3/c1-3-19-14(9-11(2)18-19)15(20)17-13(16(21)22)10-12-7-5-4-6-8-12/h4-9,13H,3,10H2,1-2H3,(H,17,20)(H,21,22)/t13-/m0/s1. The molecule has 0 unspecified atom stereocenters. The van der Waals surface area contributed by atoms with E-state index in [1.165, 1.54) is 0 Å². The summed E-state index contributed by atoms with van der Waals surface area (Å²) in [5, 5.41) is 16.1. The van der Waals surface area contributed by atoms with Gasteiger partial charge in [-0.15, -0.1) is 0 Å². The average Bonchev–Trinajstić information content (AvgIpc) is 2.88. The summed E-state index contributed by atoms with van der Waals surface area (Å²) in [4.78, 5) is 23.7. The summed E-state index contributed by atoms with van der Waals surface area (Å²) in [6.45, 7) is 4.22. The molecule has 6 nitrogen and oxygen atoms in total. The lowest BCUT2D eigenvalue weighted by Crippen LogP contribution is -2.43. The average molecular weight is 301 g/mol. The van der Waals surface area contributed by atoms with Gasteiger partial charge < -0.3 is 10.4 Å². The predicted molar refractivity (Wildman–Crippen MR) is 81.7 cm³/mol. The number of carbonyl (C=O) groups excluding carboxylic acids is 1. The van der Waals surface area contributed by atoms with Gasteiger partial charge in [0.2, 0.25) is 0 Å². The van der Waals surface area contributed by atoms with Crippen molar-refractivity contribution in [2.45, 2.75) is 32.9 Å². The summed E-state index contributed by atoms with van der Waals surface area (Å²) in [7, 11) is 0. The van der Waals surface area contributed by atoms with Gasteiger partial charge in [-0.25, -0.2) is 4.79 Å². The van der Waals surface area contributed by atoms with E-state index in [2.05, 4.69) is 10.4 Å². The highest BCUT2D eigenvalue weighted by Gasteiger charge is 2.23. The van der Waals surface area contributed by atoms with Gasteiger partial charge in [0, 0.05) is 13.0 Å². The second-order valence-electron chi connectivity index (χ2n) is 5.04. The molecule has 1 aromatic carbocycles. The molecule has 0 saturated heterocycles. The number of rotatable bonds is 6. The van der Waals surface area contributed by atoms with Crippen LogP contribution in [0, 0.1) is 6.92 Å². The van der Waals surface area contributed by atoms with Gasteiger partial charge in [-0.1, -0.05) is 30.3 Å². The van der Waals surface area contributed by atoms with Crippen LogP contribution in [0.3, 0.4) is 0 Å². The van der Waals surface area contributed by atoms with Gasteiger partial charge in [0.15, 0.2) is 0 Å². The zero-order valence-corrected chi connectivity index (χ0v) is 12.6. The number of benzene rings is 1. The highest BCUT2D eigenvalue weighted by Crippen LogP contribution is 2.07. The Balaban J connectivity index is 2.14. The fraction of sp³-hybridized carbons (Fsp3) is 0.312. The minimum Gasteiger partial charge on any atom is -0.480 e. The SMILES string of the molecule is CCn1nc(C)cc1C(=O)N[C@@H](Cc1ccccc1)C(=O)O. The summed E-state index contributed by atoms with van der Waals surface area (Å²) in [6.07, 6.45) is 0.237. The van der Waals surface area contributed by atoms with E-state index in [4.69, 9.17) is 0 Å². The van der Waals surface area contributed by atoms with E-state index >= 15 is 0 Å². The van der Waals surface area contributed by atoms with Crippen molar-refractivity contribution in [2.24, 2.45) is 0 Å². The summed E-state index contributed by atoms with van der Waals surface area (Å²) in [6, 6.07) is 9.89. The number of carbonyl (C=O) groups is 2. The lowest BCUT2D eigenvalue weighted by atomic mass is 10.1. The Labute approximate surface area is 128 Å². The number of carboxylic acids is 1. The number of hydrogen-bond acceptors (Lipinski definition) is 3. The lowest BCUT2D eigenvalue weighted by Gasteiger charge is -2.15. The van der Waals surface area contributed by atoms with Crippen molar-refractivity contribution >= 4 is 11.9 Å². The van der Waals surface area contributed by atoms with Crippen LogP contribution < -0.4 is 5.32 Å². The van der Waals surface area contributed by atoms with Crippen molar-refractivity contribution < 1.29 is 14.7 Å². The van der Waals surface area contributed by atoms with Crippen molar-refractivity contribution in [1.29, 1.82) is 0 Å². The third-order valence-corrected chi connectivity index (χ3v) is 3.32. The number of carboxylic acid groups (broad SMARTS) is 1. The number of nitrogens with zero attached hydrogens (tertiary/aromatic N) is 2. The molecule has 1 amide bonds. The van der Waals surface area contributed by atoms with E-state index in [1.54, 1.807) is 17.7 Å². The van der Waals surface area contributed by atoms with Crippen LogP contribution in [-0.4, -0.2) is 32.8 Å². The molecule has 2 rings (SSSR count). The molecule has 116 valence electrons. The third kappa shape index (κ3) is 3.72. The first-order valence-electron chi connectivity index (χ1n) is 7.13. The van der Waals surface area contributed by atoms with Crippen molar-refractivity contribution in [3.8, 4) is 0 Å². The molecule has 22 heavy (non-hydrogen) atoms. The Bertz CT molecular complexity index is 665. The molecule has 0 bridgehead atoms. The second-order valence-corrected chi connectivity index (χ2v) is 5.04. The van der Waals surface area contributed by atoms with Gasteiger partial charge in [0.25, 0.3) is 5.91 Å². The van der Waals surface area contributed by atoms with Crippen LogP contribution in [0.2, 0.25) is 0 Å². The molecule has 1 aromatic heterocycles. The van der Waals surface area contributed by atoms with E-state index in [1.807, 2.05) is 37.3 Å². The van der Waals surface area contributed by atoms with Gasteiger partial charge in [0.05, 0.1) is 5.69 Å². The van der Waals surface area contributed by atoms with E-state index in [9.17, 15) is 14.7 Å². The molecule has 0 saturated carbocycles. The number of aliphatic carboxylic acids is 1. The van der Waals surface area contributed by atoms with Crippen molar-refractivity contribution in [1.82, 2.24) is 15.1 Å². The molecule has 6 heteroatoms. The zero-order chi connectivity index (χ0) is 16.1. The van der Waals surface area contributed by atoms with Gasteiger partial charge in [-0.3, -0.25) is 9.48 Å². The lowest BCUT2D eigenvalue weighted by molar-refractivity contribution is -0.139. The van der Waals surface area contributed by atoms with Crippen LogP contribution in [0.5, 0.6) is 0 Å². The first kappa shape index (κ1) is 15.8. The Hall–Kier alpha value is -2.63. The Morgan fingerprint density at radius 2 is 2.00 bits per heavy atom. The molecule has 0 radical (unpaired) electrons. The molecule has 2 aromatic rings. The fourth-order valence-corrected chi connectivity index (χ4v) is 2.25.